The highest BCUT2D eigenvalue weighted by atomic mass is 32.2. The van der Waals surface area contributed by atoms with Gasteiger partial charge in [0.25, 0.3) is 0 Å². The van der Waals surface area contributed by atoms with Crippen LogP contribution in [0.25, 0.3) is 0 Å². The Morgan fingerprint density at radius 2 is 1.82 bits per heavy atom. The van der Waals surface area contributed by atoms with Gasteiger partial charge in [-0.2, -0.15) is 24.9 Å². The van der Waals surface area contributed by atoms with Crippen LogP contribution in [0.5, 0.6) is 0 Å². The summed E-state index contributed by atoms with van der Waals surface area (Å²) in [5.41, 5.74) is -0.546. The summed E-state index contributed by atoms with van der Waals surface area (Å²) >= 11 is 0.795. The number of hydrogen-bond donors (Lipinski definition) is 0. The molecule has 1 atom stereocenters. The molecule has 0 radical (unpaired) electrons. The fourth-order valence-corrected chi connectivity index (χ4v) is 1.97. The third kappa shape index (κ3) is 11.9. The van der Waals surface area contributed by atoms with Gasteiger partial charge in [-0.3, -0.25) is 4.79 Å². The Morgan fingerprint density at radius 3 is 2.24 bits per heavy atom. The standard InChI is InChI=1S/C11H19F3O2S/c1-8(6-17-7-11(12,13)14)5-9(15)16-10(2,3)4/h8H,5-7H2,1-4H3/t8-/m0/s1. The second-order valence-corrected chi connectivity index (χ2v) is 6.06. The van der Waals surface area contributed by atoms with Crippen molar-refractivity contribution in [3.05, 3.63) is 0 Å². The highest BCUT2D eigenvalue weighted by Gasteiger charge is 2.27. The first kappa shape index (κ1) is 16.6. The lowest BCUT2D eigenvalue weighted by atomic mass is 10.1. The predicted molar refractivity (Wildman–Crippen MR) is 63.0 cm³/mol. The molecule has 0 unspecified atom stereocenters. The Kier molecular flexibility index (Phi) is 6.37. The SMILES string of the molecule is C[C@H](CSCC(F)(F)F)CC(=O)OC(C)(C)C. The summed E-state index contributed by atoms with van der Waals surface area (Å²) in [4.78, 5) is 11.4. The van der Waals surface area contributed by atoms with E-state index < -0.39 is 17.5 Å². The average Bonchev–Trinajstić information content (AvgIpc) is 1.96. The van der Waals surface area contributed by atoms with Crippen LogP contribution in [-0.4, -0.2) is 29.3 Å². The maximum atomic E-state index is 11.9. The van der Waals surface area contributed by atoms with Gasteiger partial charge in [0.05, 0.1) is 5.75 Å². The molecule has 0 heterocycles. The van der Waals surface area contributed by atoms with Gasteiger partial charge in [-0.15, -0.1) is 0 Å². The number of alkyl halides is 3. The maximum absolute atomic E-state index is 11.9. The van der Waals surface area contributed by atoms with Gasteiger partial charge >= 0.3 is 12.1 Å². The van der Waals surface area contributed by atoms with E-state index in [9.17, 15) is 18.0 Å². The topological polar surface area (TPSA) is 26.3 Å². The number of halogens is 3. The average molecular weight is 272 g/mol. The molecule has 0 fully saturated rings. The molecule has 0 N–H and O–H groups in total. The van der Waals surface area contributed by atoms with Crippen molar-refractivity contribution in [1.29, 1.82) is 0 Å². The van der Waals surface area contributed by atoms with Crippen LogP contribution in [0, 0.1) is 5.92 Å². The Hall–Kier alpha value is -0.390. The molecule has 17 heavy (non-hydrogen) atoms. The van der Waals surface area contributed by atoms with Crippen LogP contribution in [0.15, 0.2) is 0 Å². The lowest BCUT2D eigenvalue weighted by molar-refractivity contribution is -0.155. The molecule has 0 aliphatic carbocycles. The van der Waals surface area contributed by atoms with Crippen LogP contribution < -0.4 is 0 Å². The van der Waals surface area contributed by atoms with E-state index in [0.29, 0.717) is 5.75 Å². The van der Waals surface area contributed by atoms with Gasteiger partial charge in [0, 0.05) is 6.42 Å². The van der Waals surface area contributed by atoms with E-state index in [4.69, 9.17) is 4.74 Å². The van der Waals surface area contributed by atoms with Crippen LogP contribution in [0.1, 0.15) is 34.1 Å². The summed E-state index contributed by atoms with van der Waals surface area (Å²) < 4.78 is 40.7. The number of carbonyl (C=O) groups is 1. The van der Waals surface area contributed by atoms with Crippen LogP contribution in [0.3, 0.4) is 0 Å². The molecule has 0 saturated carbocycles. The van der Waals surface area contributed by atoms with Crippen molar-refractivity contribution in [3.63, 3.8) is 0 Å². The van der Waals surface area contributed by atoms with Gasteiger partial charge in [0.2, 0.25) is 0 Å². The number of rotatable bonds is 5. The van der Waals surface area contributed by atoms with Crippen molar-refractivity contribution in [2.45, 2.75) is 45.9 Å². The smallest absolute Gasteiger partial charge is 0.397 e. The van der Waals surface area contributed by atoms with E-state index >= 15 is 0 Å². The monoisotopic (exact) mass is 272 g/mol. The van der Waals surface area contributed by atoms with Crippen molar-refractivity contribution in [2.24, 2.45) is 5.92 Å². The molecule has 2 nitrogen and oxygen atoms in total. The predicted octanol–water partition coefficient (Wildman–Crippen LogP) is 3.65. The summed E-state index contributed by atoms with van der Waals surface area (Å²) in [6.45, 7) is 7.02. The Balaban J connectivity index is 3.79. The molecule has 6 heteroatoms. The van der Waals surface area contributed by atoms with Gasteiger partial charge in [0.15, 0.2) is 0 Å². The number of ether oxygens (including phenoxy) is 1. The van der Waals surface area contributed by atoms with Crippen molar-refractivity contribution in [2.75, 3.05) is 11.5 Å². The highest BCUT2D eigenvalue weighted by Crippen LogP contribution is 2.23. The summed E-state index contributed by atoms with van der Waals surface area (Å²) in [6.07, 6.45) is -3.99. The molecule has 0 aliphatic rings. The van der Waals surface area contributed by atoms with E-state index in [2.05, 4.69) is 0 Å². The Labute approximate surface area is 104 Å². The van der Waals surface area contributed by atoms with Crippen molar-refractivity contribution >= 4 is 17.7 Å². The van der Waals surface area contributed by atoms with E-state index in [1.165, 1.54) is 0 Å². The van der Waals surface area contributed by atoms with Crippen molar-refractivity contribution in [1.82, 2.24) is 0 Å². The van der Waals surface area contributed by atoms with Crippen LogP contribution >= 0.6 is 11.8 Å². The van der Waals surface area contributed by atoms with Gasteiger partial charge in [-0.05, 0) is 32.4 Å². The fraction of sp³-hybridized carbons (Fsp3) is 0.909. The molecule has 0 aromatic carbocycles. The molecule has 102 valence electrons. The first-order chi connectivity index (χ1) is 7.49. The third-order valence-electron chi connectivity index (χ3n) is 1.60. The first-order valence-corrected chi connectivity index (χ1v) is 6.51. The van der Waals surface area contributed by atoms with E-state index in [1.54, 1.807) is 27.7 Å². The molecule has 0 saturated heterocycles. The summed E-state index contributed by atoms with van der Waals surface area (Å²) in [5.74, 6) is -1.04. The summed E-state index contributed by atoms with van der Waals surface area (Å²) in [7, 11) is 0. The van der Waals surface area contributed by atoms with Crippen LogP contribution in [-0.2, 0) is 9.53 Å². The van der Waals surface area contributed by atoms with E-state index in [0.717, 1.165) is 11.8 Å². The number of thioether (sulfide) groups is 1. The zero-order valence-electron chi connectivity index (χ0n) is 10.6. The second kappa shape index (κ2) is 6.52. The summed E-state index contributed by atoms with van der Waals surface area (Å²) in [6, 6.07) is 0. The Morgan fingerprint density at radius 1 is 1.29 bits per heavy atom. The summed E-state index contributed by atoms with van der Waals surface area (Å²) in [5, 5.41) is 0. The molecular formula is C11H19F3O2S. The normalized spacial score (nSPS) is 14.5. The van der Waals surface area contributed by atoms with Gasteiger partial charge in [0.1, 0.15) is 5.60 Å². The fourth-order valence-electron chi connectivity index (χ4n) is 1.10. The highest BCUT2D eigenvalue weighted by molar-refractivity contribution is 7.99. The minimum absolute atomic E-state index is 0.114. The van der Waals surface area contributed by atoms with Gasteiger partial charge in [-0.1, -0.05) is 6.92 Å². The number of hydrogen-bond acceptors (Lipinski definition) is 3. The lowest BCUT2D eigenvalue weighted by Crippen LogP contribution is -2.25. The minimum Gasteiger partial charge on any atom is -0.460 e. The molecule has 0 aliphatic heterocycles. The largest absolute Gasteiger partial charge is 0.460 e. The number of carbonyl (C=O) groups excluding carboxylic acids is 1. The molecule has 0 bridgehead atoms. The lowest BCUT2D eigenvalue weighted by Gasteiger charge is -2.20. The van der Waals surface area contributed by atoms with Crippen LogP contribution in [0.4, 0.5) is 13.2 Å². The van der Waals surface area contributed by atoms with Crippen molar-refractivity contribution < 1.29 is 22.7 Å². The van der Waals surface area contributed by atoms with Crippen LogP contribution in [0.2, 0.25) is 0 Å². The molecule has 0 aromatic rings. The molecule has 0 spiro atoms. The Bertz CT molecular complexity index is 246. The van der Waals surface area contributed by atoms with Crippen molar-refractivity contribution in [3.8, 4) is 0 Å². The molecular weight excluding hydrogens is 253 g/mol. The third-order valence-corrected chi connectivity index (χ3v) is 2.94. The quantitative estimate of drug-likeness (QED) is 0.715. The van der Waals surface area contributed by atoms with E-state index in [1.807, 2.05) is 0 Å². The van der Waals surface area contributed by atoms with E-state index in [-0.39, 0.29) is 18.3 Å². The number of esters is 1. The molecule has 0 amide bonds. The molecule has 0 aromatic heterocycles. The minimum atomic E-state index is -4.14. The zero-order chi connectivity index (χ0) is 13.7. The first-order valence-electron chi connectivity index (χ1n) is 5.36. The second-order valence-electron chi connectivity index (χ2n) is 5.03. The van der Waals surface area contributed by atoms with Gasteiger partial charge < -0.3 is 4.74 Å². The maximum Gasteiger partial charge on any atom is 0.397 e. The zero-order valence-corrected chi connectivity index (χ0v) is 11.4. The van der Waals surface area contributed by atoms with Gasteiger partial charge in [-0.25, -0.2) is 0 Å². The molecule has 0 rings (SSSR count).